The van der Waals surface area contributed by atoms with Gasteiger partial charge in [0.2, 0.25) is 0 Å². The fraction of sp³-hybridized carbons (Fsp3) is 0.500. The smallest absolute Gasteiger partial charge is 0.400 e. The van der Waals surface area contributed by atoms with Crippen LogP contribution in [0.2, 0.25) is 0 Å². The largest absolute Gasteiger partial charge is 0.448 e. The molecule has 0 aromatic carbocycles. The molecular weight excluding hydrogens is 178 g/mol. The average Bonchev–Trinajstić information content (AvgIpc) is 1.89. The number of allylic oxidation sites excluding steroid dienone is 1. The molecule has 0 atom stereocenters. The van der Waals surface area contributed by atoms with Crippen LogP contribution in [0.1, 0.15) is 0 Å². The zero-order valence-electron chi connectivity index (χ0n) is 5.22. The van der Waals surface area contributed by atoms with Gasteiger partial charge in [-0.3, -0.25) is 0 Å². The number of aliphatic hydroxyl groups excluding tert-OH is 1. The number of hydrogen-bond acceptors (Lipinski definition) is 1. The second kappa shape index (κ2) is 5.00. The molecule has 7 heteroatoms. The molecule has 0 aromatic rings. The van der Waals surface area contributed by atoms with E-state index in [-0.39, 0.29) is 0 Å². The van der Waals surface area contributed by atoms with Crippen LogP contribution < -0.4 is 0 Å². The minimum atomic E-state index is -5.56. The van der Waals surface area contributed by atoms with Gasteiger partial charge in [-0.15, -0.1) is 0 Å². The van der Waals surface area contributed by atoms with Gasteiger partial charge in [-0.05, 0) is 0 Å². The lowest BCUT2D eigenvalue weighted by molar-refractivity contribution is -0.113. The van der Waals surface area contributed by atoms with Gasteiger partial charge in [-0.25, -0.2) is 0 Å². The maximum absolute atomic E-state index is 11.0. The second-order valence-electron chi connectivity index (χ2n) is 1.07. The van der Waals surface area contributed by atoms with Crippen molar-refractivity contribution in [2.24, 2.45) is 0 Å². The summed E-state index contributed by atoms with van der Waals surface area (Å²) < 4.78 is 64.8. The fourth-order valence-electron chi connectivity index (χ4n) is 0.107. The number of hydrogen-bond donors (Lipinski definition) is 1. The molecule has 0 aliphatic carbocycles. The van der Waals surface area contributed by atoms with Crippen molar-refractivity contribution in [3.63, 3.8) is 0 Å². The Morgan fingerprint density at radius 1 is 1.00 bits per heavy atom. The number of alkyl halides is 3. The van der Waals surface area contributed by atoms with E-state index < -0.39 is 18.1 Å². The van der Waals surface area contributed by atoms with Crippen LogP contribution in [0.5, 0.6) is 0 Å². The summed E-state index contributed by atoms with van der Waals surface area (Å²) in [4.78, 5) is 0. The molecule has 1 nitrogen and oxygen atoms in total. The standard InChI is InChI=1S/C3F6.CH4O/c4-1(2(5)6)3(7,8)9;1-2/h;2H,1H3. The normalized spacial score (nSPS) is 9.82. The summed E-state index contributed by atoms with van der Waals surface area (Å²) in [5, 5.41) is 7.00. The van der Waals surface area contributed by atoms with Crippen molar-refractivity contribution in [3.8, 4) is 0 Å². The lowest BCUT2D eigenvalue weighted by atomic mass is 10.6. The summed E-state index contributed by atoms with van der Waals surface area (Å²) in [6.07, 6.45) is -8.90. The summed E-state index contributed by atoms with van der Waals surface area (Å²) in [6.45, 7) is 0. The van der Waals surface area contributed by atoms with E-state index in [1.807, 2.05) is 0 Å². The minimum absolute atomic E-state index is 1.00. The molecule has 0 aliphatic heterocycles. The minimum Gasteiger partial charge on any atom is -0.400 e. The predicted octanol–water partition coefficient (Wildman–Crippen LogP) is 2.23. The lowest BCUT2D eigenvalue weighted by Gasteiger charge is -1.98. The Morgan fingerprint density at radius 3 is 1.27 bits per heavy atom. The molecule has 0 fully saturated rings. The first-order chi connectivity index (χ1) is 4.85. The first-order valence-electron chi connectivity index (χ1n) is 2.08. The third kappa shape index (κ3) is 5.71. The van der Waals surface area contributed by atoms with Gasteiger partial charge >= 0.3 is 12.3 Å². The summed E-state index contributed by atoms with van der Waals surface area (Å²) >= 11 is 0. The summed E-state index contributed by atoms with van der Waals surface area (Å²) in [5.74, 6) is -3.33. The third-order valence-electron chi connectivity index (χ3n) is 0.415. The van der Waals surface area contributed by atoms with Crippen molar-refractivity contribution in [3.05, 3.63) is 11.9 Å². The highest BCUT2D eigenvalue weighted by molar-refractivity contribution is 4.98. The Morgan fingerprint density at radius 2 is 1.27 bits per heavy atom. The molecule has 68 valence electrons. The molecule has 0 saturated carbocycles. The van der Waals surface area contributed by atoms with Gasteiger partial charge in [-0.2, -0.15) is 26.3 Å². The van der Waals surface area contributed by atoms with Crippen LogP contribution in [0.15, 0.2) is 11.9 Å². The lowest BCUT2D eigenvalue weighted by Crippen LogP contribution is -2.08. The Bertz CT molecular complexity index is 132. The van der Waals surface area contributed by atoms with Crippen molar-refractivity contribution in [1.82, 2.24) is 0 Å². The average molecular weight is 182 g/mol. The Kier molecular flexibility index (Phi) is 5.87. The van der Waals surface area contributed by atoms with Gasteiger partial charge < -0.3 is 5.11 Å². The number of aliphatic hydroxyl groups is 1. The van der Waals surface area contributed by atoms with Crippen LogP contribution in [-0.2, 0) is 0 Å². The van der Waals surface area contributed by atoms with E-state index in [0.717, 1.165) is 7.11 Å². The zero-order chi connectivity index (χ0) is 9.65. The number of rotatable bonds is 0. The van der Waals surface area contributed by atoms with Crippen molar-refractivity contribution in [2.75, 3.05) is 7.11 Å². The highest BCUT2D eigenvalue weighted by Gasteiger charge is 2.38. The molecule has 0 aliphatic rings. The van der Waals surface area contributed by atoms with Crippen LogP contribution in [0, 0.1) is 0 Å². The van der Waals surface area contributed by atoms with Crippen LogP contribution in [-0.4, -0.2) is 18.4 Å². The molecule has 0 unspecified atom stereocenters. The molecule has 0 rings (SSSR count). The van der Waals surface area contributed by atoms with Gasteiger partial charge in [0, 0.05) is 7.11 Å². The topological polar surface area (TPSA) is 20.2 Å². The quantitative estimate of drug-likeness (QED) is 0.569. The first-order valence-corrected chi connectivity index (χ1v) is 2.08. The Balaban J connectivity index is 0. The van der Waals surface area contributed by atoms with Gasteiger partial charge in [-0.1, -0.05) is 0 Å². The third-order valence-corrected chi connectivity index (χ3v) is 0.415. The van der Waals surface area contributed by atoms with Gasteiger partial charge in [0.05, 0.1) is 0 Å². The van der Waals surface area contributed by atoms with Gasteiger partial charge in [0.15, 0.2) is 0 Å². The van der Waals surface area contributed by atoms with E-state index in [1.54, 1.807) is 0 Å². The van der Waals surface area contributed by atoms with Crippen LogP contribution >= 0.6 is 0 Å². The summed E-state index contributed by atoms with van der Waals surface area (Å²) in [7, 11) is 1.00. The molecule has 0 bridgehead atoms. The highest BCUT2D eigenvalue weighted by Crippen LogP contribution is 2.29. The van der Waals surface area contributed by atoms with Crippen molar-refractivity contribution in [2.45, 2.75) is 6.18 Å². The molecule has 0 heterocycles. The monoisotopic (exact) mass is 182 g/mol. The Hall–Kier alpha value is -0.720. The van der Waals surface area contributed by atoms with E-state index in [4.69, 9.17) is 5.11 Å². The van der Waals surface area contributed by atoms with Crippen molar-refractivity contribution >= 4 is 0 Å². The maximum atomic E-state index is 11.0. The number of halogens is 6. The van der Waals surface area contributed by atoms with E-state index in [1.165, 1.54) is 0 Å². The van der Waals surface area contributed by atoms with E-state index in [2.05, 4.69) is 0 Å². The maximum Gasteiger partial charge on any atom is 0.448 e. The van der Waals surface area contributed by atoms with E-state index in [9.17, 15) is 26.3 Å². The van der Waals surface area contributed by atoms with Crippen molar-refractivity contribution in [1.29, 1.82) is 0 Å². The zero-order valence-corrected chi connectivity index (χ0v) is 5.22. The molecule has 0 radical (unpaired) electrons. The SMILES string of the molecule is CO.FC(F)=C(F)C(F)(F)F. The molecule has 0 spiro atoms. The summed E-state index contributed by atoms with van der Waals surface area (Å²) in [6, 6.07) is 0. The van der Waals surface area contributed by atoms with Crippen LogP contribution in [0.4, 0.5) is 26.3 Å². The first kappa shape index (κ1) is 12.9. The van der Waals surface area contributed by atoms with Crippen LogP contribution in [0.25, 0.3) is 0 Å². The van der Waals surface area contributed by atoms with E-state index in [0.29, 0.717) is 0 Å². The van der Waals surface area contributed by atoms with Gasteiger partial charge in [0.25, 0.3) is 5.83 Å². The molecular formula is C4H4F6O. The molecule has 0 amide bonds. The molecule has 1 N–H and O–H groups in total. The van der Waals surface area contributed by atoms with E-state index >= 15 is 0 Å². The second-order valence-corrected chi connectivity index (χ2v) is 1.07. The predicted molar refractivity (Wildman–Crippen MR) is 24.5 cm³/mol. The molecule has 11 heavy (non-hydrogen) atoms. The fourth-order valence-corrected chi connectivity index (χ4v) is 0.107. The summed E-state index contributed by atoms with van der Waals surface area (Å²) in [5.41, 5.74) is 0. The Labute approximate surface area is 57.9 Å². The van der Waals surface area contributed by atoms with Crippen LogP contribution in [0.3, 0.4) is 0 Å². The highest BCUT2D eigenvalue weighted by atomic mass is 19.4. The molecule has 0 saturated heterocycles. The van der Waals surface area contributed by atoms with Crippen molar-refractivity contribution < 1.29 is 31.4 Å². The molecule has 0 aromatic heterocycles. The van der Waals surface area contributed by atoms with Gasteiger partial charge in [0.1, 0.15) is 0 Å².